The van der Waals surface area contributed by atoms with Gasteiger partial charge in [-0.3, -0.25) is 4.90 Å². The lowest BCUT2D eigenvalue weighted by atomic mass is 9.87. The first-order valence-corrected chi connectivity index (χ1v) is 7.03. The lowest BCUT2D eigenvalue weighted by molar-refractivity contribution is 0.0123. The van der Waals surface area contributed by atoms with Crippen molar-refractivity contribution in [3.8, 4) is 0 Å². The van der Waals surface area contributed by atoms with E-state index in [0.29, 0.717) is 11.9 Å². The molecule has 2 N–H and O–H groups in total. The number of aliphatic hydroxyl groups is 1. The van der Waals surface area contributed by atoms with Crippen LogP contribution in [0.3, 0.4) is 0 Å². The molecule has 0 radical (unpaired) electrons. The molecule has 0 aliphatic carbocycles. The molecule has 0 aromatic rings. The average Bonchev–Trinajstić information content (AvgIpc) is 2.31. The van der Waals surface area contributed by atoms with E-state index in [1.165, 1.54) is 12.2 Å². The van der Waals surface area contributed by atoms with Crippen molar-refractivity contribution in [2.45, 2.75) is 30.6 Å². The zero-order valence-corrected chi connectivity index (χ0v) is 10.4. The third-order valence-corrected chi connectivity index (χ3v) is 5.36. The predicted octanol–water partition coefficient (Wildman–Crippen LogP) is 0.538. The molecule has 2 fully saturated rings. The van der Waals surface area contributed by atoms with E-state index in [1.807, 2.05) is 11.8 Å². The molecule has 2 saturated heterocycles. The SMILES string of the molecule is CC1SCCCC1(CO)N1CCNCC1. The van der Waals surface area contributed by atoms with E-state index in [9.17, 15) is 5.11 Å². The highest BCUT2D eigenvalue weighted by molar-refractivity contribution is 8.00. The molecule has 0 bridgehead atoms. The van der Waals surface area contributed by atoms with Crippen molar-refractivity contribution in [1.29, 1.82) is 0 Å². The van der Waals surface area contributed by atoms with Gasteiger partial charge in [-0.05, 0) is 18.6 Å². The van der Waals surface area contributed by atoms with Crippen LogP contribution in [0.25, 0.3) is 0 Å². The summed E-state index contributed by atoms with van der Waals surface area (Å²) in [4.78, 5) is 2.51. The Labute approximate surface area is 96.6 Å². The van der Waals surface area contributed by atoms with Crippen LogP contribution >= 0.6 is 11.8 Å². The maximum atomic E-state index is 9.79. The summed E-state index contributed by atoms with van der Waals surface area (Å²) >= 11 is 2.02. The van der Waals surface area contributed by atoms with Gasteiger partial charge in [0.25, 0.3) is 0 Å². The van der Waals surface area contributed by atoms with Gasteiger partial charge in [0, 0.05) is 31.4 Å². The van der Waals surface area contributed by atoms with Crippen LogP contribution in [0, 0.1) is 0 Å². The molecule has 4 heteroatoms. The first-order chi connectivity index (χ1) is 7.29. The Hall–Kier alpha value is 0.230. The second kappa shape index (κ2) is 5.04. The van der Waals surface area contributed by atoms with Gasteiger partial charge in [0.1, 0.15) is 0 Å². The van der Waals surface area contributed by atoms with Crippen LogP contribution in [0.15, 0.2) is 0 Å². The van der Waals surface area contributed by atoms with Crippen molar-refractivity contribution in [1.82, 2.24) is 10.2 Å². The van der Waals surface area contributed by atoms with E-state index in [2.05, 4.69) is 17.1 Å². The van der Waals surface area contributed by atoms with Gasteiger partial charge in [0.2, 0.25) is 0 Å². The normalized spacial score (nSPS) is 39.2. The minimum absolute atomic E-state index is 0.0605. The molecular weight excluding hydrogens is 208 g/mol. The van der Waals surface area contributed by atoms with Gasteiger partial charge in [-0.15, -0.1) is 0 Å². The van der Waals surface area contributed by atoms with E-state index >= 15 is 0 Å². The van der Waals surface area contributed by atoms with Crippen LogP contribution in [0.4, 0.5) is 0 Å². The monoisotopic (exact) mass is 230 g/mol. The van der Waals surface area contributed by atoms with Crippen molar-refractivity contribution >= 4 is 11.8 Å². The Kier molecular flexibility index (Phi) is 3.93. The Morgan fingerprint density at radius 3 is 2.80 bits per heavy atom. The lowest BCUT2D eigenvalue weighted by Gasteiger charge is -2.50. The molecule has 0 amide bonds. The molecule has 0 aromatic carbocycles. The minimum Gasteiger partial charge on any atom is -0.394 e. The number of thioether (sulfide) groups is 1. The summed E-state index contributed by atoms with van der Waals surface area (Å²) in [5, 5.41) is 13.7. The minimum atomic E-state index is 0.0605. The van der Waals surface area contributed by atoms with E-state index in [4.69, 9.17) is 0 Å². The first-order valence-electron chi connectivity index (χ1n) is 5.98. The molecule has 2 aliphatic heterocycles. The van der Waals surface area contributed by atoms with Crippen LogP contribution in [0.2, 0.25) is 0 Å². The first kappa shape index (κ1) is 11.7. The van der Waals surface area contributed by atoms with Crippen LogP contribution in [0.5, 0.6) is 0 Å². The van der Waals surface area contributed by atoms with Gasteiger partial charge < -0.3 is 10.4 Å². The fourth-order valence-electron chi connectivity index (χ4n) is 2.83. The quantitative estimate of drug-likeness (QED) is 0.726. The van der Waals surface area contributed by atoms with Crippen molar-refractivity contribution < 1.29 is 5.11 Å². The third kappa shape index (κ3) is 2.18. The van der Waals surface area contributed by atoms with Crippen molar-refractivity contribution in [3.63, 3.8) is 0 Å². The number of hydrogen-bond donors (Lipinski definition) is 2. The molecule has 0 aromatic heterocycles. The molecule has 2 rings (SSSR count). The second-order valence-corrected chi connectivity index (χ2v) is 6.06. The van der Waals surface area contributed by atoms with Gasteiger partial charge in [0.05, 0.1) is 12.1 Å². The lowest BCUT2D eigenvalue weighted by Crippen LogP contribution is -2.63. The Bertz CT molecular complexity index is 209. The van der Waals surface area contributed by atoms with Crippen LogP contribution in [0.1, 0.15) is 19.8 Å². The van der Waals surface area contributed by atoms with Crippen LogP contribution < -0.4 is 5.32 Å². The molecule has 0 spiro atoms. The summed E-state index contributed by atoms with van der Waals surface area (Å²) in [5.41, 5.74) is 0.0605. The van der Waals surface area contributed by atoms with Gasteiger partial charge in [0.15, 0.2) is 0 Å². The average molecular weight is 230 g/mol. The topological polar surface area (TPSA) is 35.5 Å². The van der Waals surface area contributed by atoms with E-state index in [0.717, 1.165) is 32.6 Å². The molecule has 88 valence electrons. The Balaban J connectivity index is 2.10. The fraction of sp³-hybridized carbons (Fsp3) is 1.00. The largest absolute Gasteiger partial charge is 0.394 e. The zero-order valence-electron chi connectivity index (χ0n) is 9.54. The summed E-state index contributed by atoms with van der Waals surface area (Å²) < 4.78 is 0. The van der Waals surface area contributed by atoms with E-state index in [1.54, 1.807) is 0 Å². The number of aliphatic hydroxyl groups excluding tert-OH is 1. The van der Waals surface area contributed by atoms with Crippen LogP contribution in [-0.4, -0.2) is 59.3 Å². The number of hydrogen-bond acceptors (Lipinski definition) is 4. The maximum absolute atomic E-state index is 9.79. The van der Waals surface area contributed by atoms with Gasteiger partial charge >= 0.3 is 0 Å². The van der Waals surface area contributed by atoms with E-state index in [-0.39, 0.29) is 5.54 Å². The summed E-state index contributed by atoms with van der Waals surface area (Å²) in [5.74, 6) is 1.26. The summed E-state index contributed by atoms with van der Waals surface area (Å²) in [7, 11) is 0. The Morgan fingerprint density at radius 1 is 1.47 bits per heavy atom. The molecule has 0 saturated carbocycles. The summed E-state index contributed by atoms with van der Waals surface area (Å²) in [6, 6.07) is 0. The second-order valence-electron chi connectivity index (χ2n) is 4.62. The molecule has 3 nitrogen and oxygen atoms in total. The maximum Gasteiger partial charge on any atom is 0.0626 e. The molecule has 2 atom stereocenters. The van der Waals surface area contributed by atoms with Crippen molar-refractivity contribution in [2.75, 3.05) is 38.5 Å². The smallest absolute Gasteiger partial charge is 0.0626 e. The molecule has 2 heterocycles. The zero-order chi connectivity index (χ0) is 10.7. The van der Waals surface area contributed by atoms with Gasteiger partial charge in [-0.25, -0.2) is 0 Å². The van der Waals surface area contributed by atoms with Gasteiger partial charge in [-0.2, -0.15) is 11.8 Å². The number of nitrogens with zero attached hydrogens (tertiary/aromatic N) is 1. The van der Waals surface area contributed by atoms with Crippen molar-refractivity contribution in [2.24, 2.45) is 0 Å². The molecule has 15 heavy (non-hydrogen) atoms. The van der Waals surface area contributed by atoms with Gasteiger partial charge in [-0.1, -0.05) is 6.92 Å². The predicted molar refractivity (Wildman–Crippen MR) is 65.4 cm³/mol. The molecule has 2 aliphatic rings. The number of rotatable bonds is 2. The summed E-state index contributed by atoms with van der Waals surface area (Å²) in [6.45, 7) is 6.92. The highest BCUT2D eigenvalue weighted by Crippen LogP contribution is 2.38. The third-order valence-electron chi connectivity index (χ3n) is 3.90. The highest BCUT2D eigenvalue weighted by Gasteiger charge is 2.43. The van der Waals surface area contributed by atoms with E-state index < -0.39 is 0 Å². The summed E-state index contributed by atoms with van der Waals surface area (Å²) in [6.07, 6.45) is 2.41. The number of nitrogens with one attached hydrogen (secondary N) is 1. The van der Waals surface area contributed by atoms with Crippen LogP contribution in [-0.2, 0) is 0 Å². The van der Waals surface area contributed by atoms with Crippen molar-refractivity contribution in [3.05, 3.63) is 0 Å². The Morgan fingerprint density at radius 2 is 2.20 bits per heavy atom. The highest BCUT2D eigenvalue weighted by atomic mass is 32.2. The molecule has 2 unspecified atom stereocenters. The standard InChI is InChI=1S/C11H22N2OS/c1-10-11(9-14,3-2-8-15-10)13-6-4-12-5-7-13/h10,12,14H,2-9H2,1H3. The molecular formula is C11H22N2OS. The fourth-order valence-corrected chi connectivity index (χ4v) is 4.15. The number of piperazine rings is 1.